The molecule has 0 aromatic heterocycles. The summed E-state index contributed by atoms with van der Waals surface area (Å²) in [6, 6.07) is 10.00. The number of rotatable bonds is 6. The summed E-state index contributed by atoms with van der Waals surface area (Å²) in [5, 5.41) is 10.0. The molecule has 1 fully saturated rings. The Kier molecular flexibility index (Phi) is 8.11. The highest BCUT2D eigenvalue weighted by Gasteiger charge is 2.10. The maximum absolute atomic E-state index is 10.0. The number of benzene rings is 1. The standard InChI is InChI=1S/C16H25NO.ClH/c18-16(15-9-3-1-4-10-15)11-5-8-14-17-12-6-2-7-13-17;/h1,3-4,9-10,16,18H,2,5-8,11-14H2;1H/p-1. The summed E-state index contributed by atoms with van der Waals surface area (Å²) in [6.07, 6.45) is 7.07. The monoisotopic (exact) mass is 282 g/mol. The normalized spacial score (nSPS) is 17.7. The van der Waals surface area contributed by atoms with E-state index in [1.165, 1.54) is 45.3 Å². The first-order valence-electron chi connectivity index (χ1n) is 7.31. The zero-order valence-electron chi connectivity index (χ0n) is 11.6. The molecule has 19 heavy (non-hydrogen) atoms. The van der Waals surface area contributed by atoms with Gasteiger partial charge in [0, 0.05) is 0 Å². The summed E-state index contributed by atoms with van der Waals surface area (Å²) in [5.41, 5.74) is 1.05. The van der Waals surface area contributed by atoms with Crippen LogP contribution in [0.15, 0.2) is 30.3 Å². The number of piperidine rings is 1. The van der Waals surface area contributed by atoms with Crippen LogP contribution in [0.3, 0.4) is 0 Å². The molecule has 0 bridgehead atoms. The molecule has 1 unspecified atom stereocenters. The Bertz CT molecular complexity index is 325. The van der Waals surface area contributed by atoms with E-state index in [0.29, 0.717) is 0 Å². The Morgan fingerprint density at radius 1 is 1.00 bits per heavy atom. The molecule has 108 valence electrons. The third kappa shape index (κ3) is 5.94. The molecule has 2 nitrogen and oxygen atoms in total. The van der Waals surface area contributed by atoms with Crippen molar-refractivity contribution in [2.24, 2.45) is 0 Å². The Hall–Kier alpha value is -0.570. The second-order valence-electron chi connectivity index (χ2n) is 5.32. The molecule has 1 heterocycles. The lowest BCUT2D eigenvalue weighted by atomic mass is 10.0. The Morgan fingerprint density at radius 3 is 2.37 bits per heavy atom. The van der Waals surface area contributed by atoms with Crippen LogP contribution in [-0.4, -0.2) is 29.6 Å². The van der Waals surface area contributed by atoms with E-state index >= 15 is 0 Å². The fraction of sp³-hybridized carbons (Fsp3) is 0.625. The summed E-state index contributed by atoms with van der Waals surface area (Å²) < 4.78 is 0. The lowest BCUT2D eigenvalue weighted by Crippen LogP contribution is -3.00. The van der Waals surface area contributed by atoms with Crippen LogP contribution < -0.4 is 12.4 Å². The Morgan fingerprint density at radius 2 is 1.68 bits per heavy atom. The van der Waals surface area contributed by atoms with E-state index < -0.39 is 0 Å². The van der Waals surface area contributed by atoms with Crippen molar-refractivity contribution in [3.8, 4) is 0 Å². The lowest BCUT2D eigenvalue weighted by Gasteiger charge is -2.26. The first kappa shape index (κ1) is 16.5. The van der Waals surface area contributed by atoms with Crippen molar-refractivity contribution in [3.05, 3.63) is 35.9 Å². The third-order valence-corrected chi connectivity index (χ3v) is 3.83. The van der Waals surface area contributed by atoms with Crippen molar-refractivity contribution in [1.82, 2.24) is 4.90 Å². The smallest absolute Gasteiger partial charge is 0.0790 e. The molecule has 1 atom stereocenters. The molecule has 1 aromatic rings. The summed E-state index contributed by atoms with van der Waals surface area (Å²) in [6.45, 7) is 3.77. The van der Waals surface area contributed by atoms with Gasteiger partial charge in [0.05, 0.1) is 6.10 Å². The van der Waals surface area contributed by atoms with Crippen LogP contribution in [0.25, 0.3) is 0 Å². The van der Waals surface area contributed by atoms with E-state index in [4.69, 9.17) is 0 Å². The van der Waals surface area contributed by atoms with Gasteiger partial charge in [-0.3, -0.25) is 0 Å². The predicted octanol–water partition coefficient (Wildman–Crippen LogP) is 0.380. The second-order valence-corrected chi connectivity index (χ2v) is 5.32. The number of halogens is 1. The molecular formula is C16H25ClNO-. The van der Waals surface area contributed by atoms with Crippen LogP contribution in [0.2, 0.25) is 0 Å². The van der Waals surface area contributed by atoms with Crippen molar-refractivity contribution >= 4 is 0 Å². The molecule has 0 aliphatic carbocycles. The van der Waals surface area contributed by atoms with Crippen molar-refractivity contribution in [1.29, 1.82) is 0 Å². The molecule has 1 aliphatic rings. The Balaban J connectivity index is 0.00000180. The number of aliphatic hydroxyl groups is 1. The molecule has 0 saturated carbocycles. The minimum absolute atomic E-state index is 0. The molecular weight excluding hydrogens is 258 g/mol. The lowest BCUT2D eigenvalue weighted by molar-refractivity contribution is -0.00000564. The van der Waals surface area contributed by atoms with Crippen LogP contribution in [-0.2, 0) is 0 Å². The molecule has 3 heteroatoms. The molecule has 2 rings (SSSR count). The zero-order chi connectivity index (χ0) is 12.6. The van der Waals surface area contributed by atoms with Gasteiger partial charge < -0.3 is 22.4 Å². The summed E-state index contributed by atoms with van der Waals surface area (Å²) in [5.74, 6) is 0. The van der Waals surface area contributed by atoms with Gasteiger partial charge in [-0.1, -0.05) is 36.8 Å². The second kappa shape index (κ2) is 9.35. The van der Waals surface area contributed by atoms with Crippen molar-refractivity contribution in [2.75, 3.05) is 19.6 Å². The van der Waals surface area contributed by atoms with Crippen LogP contribution in [0.4, 0.5) is 0 Å². The Labute approximate surface area is 123 Å². The van der Waals surface area contributed by atoms with Gasteiger partial charge >= 0.3 is 0 Å². The highest BCUT2D eigenvalue weighted by molar-refractivity contribution is 5.16. The maximum Gasteiger partial charge on any atom is 0.0790 e. The van der Waals surface area contributed by atoms with E-state index in [1.807, 2.05) is 30.3 Å². The third-order valence-electron chi connectivity index (χ3n) is 3.83. The number of hydrogen-bond donors (Lipinski definition) is 1. The highest BCUT2D eigenvalue weighted by atomic mass is 35.5. The van der Waals surface area contributed by atoms with E-state index in [2.05, 4.69) is 4.90 Å². The van der Waals surface area contributed by atoms with E-state index in [0.717, 1.165) is 18.4 Å². The van der Waals surface area contributed by atoms with Gasteiger partial charge in [-0.05, 0) is 57.3 Å². The molecule has 0 amide bonds. The topological polar surface area (TPSA) is 23.5 Å². The van der Waals surface area contributed by atoms with Crippen LogP contribution in [0.1, 0.15) is 50.2 Å². The number of nitrogens with zero attached hydrogens (tertiary/aromatic N) is 1. The molecule has 1 aromatic carbocycles. The van der Waals surface area contributed by atoms with Crippen molar-refractivity contribution in [2.45, 2.75) is 44.6 Å². The summed E-state index contributed by atoms with van der Waals surface area (Å²) >= 11 is 0. The van der Waals surface area contributed by atoms with E-state index in [9.17, 15) is 5.11 Å². The molecule has 1 saturated heterocycles. The van der Waals surface area contributed by atoms with Gasteiger partial charge in [-0.25, -0.2) is 0 Å². The minimum atomic E-state index is -0.285. The number of likely N-dealkylation sites (tertiary alicyclic amines) is 1. The van der Waals surface area contributed by atoms with Gasteiger partial charge in [0.2, 0.25) is 0 Å². The average Bonchev–Trinajstić information content (AvgIpc) is 2.45. The maximum atomic E-state index is 10.0. The summed E-state index contributed by atoms with van der Waals surface area (Å²) in [4.78, 5) is 2.57. The van der Waals surface area contributed by atoms with Gasteiger partial charge in [0.25, 0.3) is 0 Å². The van der Waals surface area contributed by atoms with Gasteiger partial charge in [-0.15, -0.1) is 0 Å². The van der Waals surface area contributed by atoms with Crippen LogP contribution in [0, 0.1) is 0 Å². The van der Waals surface area contributed by atoms with E-state index in [1.54, 1.807) is 0 Å². The predicted molar refractivity (Wildman–Crippen MR) is 75.5 cm³/mol. The van der Waals surface area contributed by atoms with Crippen molar-refractivity contribution < 1.29 is 17.5 Å². The fourth-order valence-electron chi connectivity index (χ4n) is 2.70. The van der Waals surface area contributed by atoms with Gasteiger partial charge in [0.1, 0.15) is 0 Å². The minimum Gasteiger partial charge on any atom is -1.00 e. The molecule has 0 spiro atoms. The SMILES string of the molecule is OC(CCCCN1CCCCC1)c1ccccc1.[Cl-]. The number of hydrogen-bond acceptors (Lipinski definition) is 2. The number of unbranched alkanes of at least 4 members (excludes halogenated alkanes) is 1. The molecule has 1 aliphatic heterocycles. The number of aliphatic hydroxyl groups excluding tert-OH is 1. The fourth-order valence-corrected chi connectivity index (χ4v) is 2.70. The van der Waals surface area contributed by atoms with Gasteiger partial charge in [0.15, 0.2) is 0 Å². The van der Waals surface area contributed by atoms with E-state index in [-0.39, 0.29) is 18.5 Å². The first-order chi connectivity index (χ1) is 8.86. The quantitative estimate of drug-likeness (QED) is 0.763. The molecule has 0 radical (unpaired) electrons. The zero-order valence-corrected chi connectivity index (χ0v) is 12.4. The largest absolute Gasteiger partial charge is 1.00 e. The first-order valence-corrected chi connectivity index (χ1v) is 7.31. The molecule has 1 N–H and O–H groups in total. The summed E-state index contributed by atoms with van der Waals surface area (Å²) in [7, 11) is 0. The average molecular weight is 283 g/mol. The highest BCUT2D eigenvalue weighted by Crippen LogP contribution is 2.19. The van der Waals surface area contributed by atoms with Crippen molar-refractivity contribution in [3.63, 3.8) is 0 Å². The van der Waals surface area contributed by atoms with Gasteiger partial charge in [-0.2, -0.15) is 0 Å². The van der Waals surface area contributed by atoms with Crippen LogP contribution >= 0.6 is 0 Å². The van der Waals surface area contributed by atoms with Crippen LogP contribution in [0.5, 0.6) is 0 Å².